The van der Waals surface area contributed by atoms with Crippen LogP contribution in [-0.2, 0) is 24.2 Å². The summed E-state index contributed by atoms with van der Waals surface area (Å²) in [5.74, 6) is 0.164. The zero-order chi connectivity index (χ0) is 26.9. The number of para-hydroxylation sites is 2. The van der Waals surface area contributed by atoms with E-state index in [1.165, 1.54) is 10.9 Å². The zero-order valence-electron chi connectivity index (χ0n) is 22.6. The van der Waals surface area contributed by atoms with Gasteiger partial charge in [-0.05, 0) is 47.6 Å². The second-order valence-electron chi connectivity index (χ2n) is 10.1. The van der Waals surface area contributed by atoms with Crippen LogP contribution in [0.15, 0.2) is 85.1 Å². The number of anilines is 1. The highest BCUT2D eigenvalue weighted by Gasteiger charge is 2.23. The van der Waals surface area contributed by atoms with Gasteiger partial charge in [0.15, 0.2) is 0 Å². The van der Waals surface area contributed by atoms with E-state index < -0.39 is 0 Å². The minimum absolute atomic E-state index is 0.0268. The van der Waals surface area contributed by atoms with Crippen molar-refractivity contribution in [3.63, 3.8) is 0 Å². The van der Waals surface area contributed by atoms with Crippen LogP contribution in [0.3, 0.4) is 0 Å². The lowest BCUT2D eigenvalue weighted by atomic mass is 10.1. The first-order valence-corrected chi connectivity index (χ1v) is 13.4. The number of amides is 3. The van der Waals surface area contributed by atoms with Crippen molar-refractivity contribution in [1.29, 1.82) is 0 Å². The Hall–Kier alpha value is -4.06. The molecule has 0 saturated carbocycles. The highest BCUT2D eigenvalue weighted by molar-refractivity contribution is 5.93. The maximum Gasteiger partial charge on any atom is 0.322 e. The molecule has 0 unspecified atom stereocenters. The van der Waals surface area contributed by atoms with Gasteiger partial charge < -0.3 is 20.1 Å². The maximum absolute atomic E-state index is 13.7. The van der Waals surface area contributed by atoms with Crippen molar-refractivity contribution in [3.8, 4) is 0 Å². The third-order valence-corrected chi connectivity index (χ3v) is 6.73. The van der Waals surface area contributed by atoms with Crippen LogP contribution in [-0.4, -0.2) is 46.4 Å². The molecule has 0 aliphatic rings. The predicted octanol–water partition coefficient (Wildman–Crippen LogP) is 6.49. The van der Waals surface area contributed by atoms with Crippen LogP contribution in [0.1, 0.15) is 37.5 Å². The summed E-state index contributed by atoms with van der Waals surface area (Å²) in [6.07, 6.45) is 3.57. The van der Waals surface area contributed by atoms with E-state index in [0.29, 0.717) is 19.6 Å². The molecule has 4 aromatic rings. The smallest absolute Gasteiger partial charge is 0.322 e. The second kappa shape index (κ2) is 13.0. The Balaban J connectivity index is 1.51. The molecule has 38 heavy (non-hydrogen) atoms. The number of hydrogen-bond acceptors (Lipinski definition) is 2. The van der Waals surface area contributed by atoms with Gasteiger partial charge in [0.05, 0.1) is 0 Å². The molecule has 2 N–H and O–H groups in total. The Kier molecular flexibility index (Phi) is 9.20. The topological polar surface area (TPSA) is 68.4 Å². The number of benzene rings is 3. The van der Waals surface area contributed by atoms with Crippen molar-refractivity contribution < 1.29 is 9.59 Å². The lowest BCUT2D eigenvalue weighted by Crippen LogP contribution is -2.46. The highest BCUT2D eigenvalue weighted by Crippen LogP contribution is 2.20. The van der Waals surface area contributed by atoms with E-state index in [0.717, 1.165) is 35.2 Å². The van der Waals surface area contributed by atoms with Gasteiger partial charge in [-0.3, -0.25) is 4.79 Å². The van der Waals surface area contributed by atoms with Crippen molar-refractivity contribution in [2.75, 3.05) is 25.0 Å². The minimum atomic E-state index is -0.246. The fraction of sp³-hybridized carbons (Fsp3) is 0.312. The number of hydrogen-bond donors (Lipinski definition) is 2. The second-order valence-corrected chi connectivity index (χ2v) is 10.1. The molecule has 6 nitrogen and oxygen atoms in total. The molecule has 0 fully saturated rings. The average molecular weight is 511 g/mol. The molecule has 0 bridgehead atoms. The van der Waals surface area contributed by atoms with Gasteiger partial charge in [-0.15, -0.1) is 0 Å². The summed E-state index contributed by atoms with van der Waals surface area (Å²) in [4.78, 5) is 33.9. The van der Waals surface area contributed by atoms with Crippen molar-refractivity contribution in [2.45, 2.75) is 40.2 Å². The number of rotatable bonds is 11. The van der Waals surface area contributed by atoms with Gasteiger partial charge in [-0.1, -0.05) is 87.5 Å². The molecule has 4 rings (SSSR count). The van der Waals surface area contributed by atoms with Gasteiger partial charge in [-0.2, -0.15) is 0 Å². The number of aromatic nitrogens is 1. The van der Waals surface area contributed by atoms with Crippen LogP contribution in [0, 0.1) is 5.92 Å². The van der Waals surface area contributed by atoms with Gasteiger partial charge in [0.1, 0.15) is 6.54 Å². The van der Waals surface area contributed by atoms with Gasteiger partial charge in [-0.25, -0.2) is 4.79 Å². The fourth-order valence-corrected chi connectivity index (χ4v) is 4.76. The van der Waals surface area contributed by atoms with Crippen molar-refractivity contribution >= 4 is 28.5 Å². The fourth-order valence-electron chi connectivity index (χ4n) is 4.76. The number of nitrogens with one attached hydrogen (secondary N) is 2. The molecule has 0 spiro atoms. The number of urea groups is 1. The number of carbonyl (C=O) groups is 2. The summed E-state index contributed by atoms with van der Waals surface area (Å²) in [7, 11) is 0. The van der Waals surface area contributed by atoms with Gasteiger partial charge >= 0.3 is 6.03 Å². The van der Waals surface area contributed by atoms with Gasteiger partial charge in [0.2, 0.25) is 5.91 Å². The van der Waals surface area contributed by atoms with Crippen LogP contribution in [0.2, 0.25) is 0 Å². The lowest BCUT2D eigenvalue weighted by Gasteiger charge is -2.29. The third-order valence-electron chi connectivity index (χ3n) is 6.73. The Morgan fingerprint density at radius 3 is 2.34 bits per heavy atom. The van der Waals surface area contributed by atoms with Crippen molar-refractivity contribution in [2.24, 2.45) is 5.92 Å². The molecular weight excluding hydrogens is 472 g/mol. The molecule has 1 aromatic heterocycles. The standard InChI is InChI=1S/C32H38N4O2/c1-4-26-14-8-10-16-29(26)34-32(38)36(21-24(2)3)23-31(37)35(22-25-12-6-5-7-13-25)19-18-27-20-33-30-17-11-9-15-28(27)30/h5-17,20,24,33H,4,18-19,21-23H2,1-3H3,(H,34,38). The number of H-pyrrole nitrogens is 1. The zero-order valence-corrected chi connectivity index (χ0v) is 22.6. The summed E-state index contributed by atoms with van der Waals surface area (Å²) < 4.78 is 0. The lowest BCUT2D eigenvalue weighted by molar-refractivity contribution is -0.132. The monoisotopic (exact) mass is 510 g/mol. The number of fused-ring (bicyclic) bond motifs is 1. The highest BCUT2D eigenvalue weighted by atomic mass is 16.2. The molecule has 0 aliphatic heterocycles. The normalized spacial score (nSPS) is 11.1. The van der Waals surface area contributed by atoms with Crippen LogP contribution < -0.4 is 5.32 Å². The molecule has 1 heterocycles. The quantitative estimate of drug-likeness (QED) is 0.242. The number of aromatic amines is 1. The summed E-state index contributed by atoms with van der Waals surface area (Å²) in [6.45, 7) is 7.76. The first-order valence-electron chi connectivity index (χ1n) is 13.4. The molecule has 198 valence electrons. The Morgan fingerprint density at radius 1 is 0.868 bits per heavy atom. The Bertz CT molecular complexity index is 1350. The molecule has 0 atom stereocenters. The number of carbonyl (C=O) groups excluding carboxylic acids is 2. The summed E-state index contributed by atoms with van der Waals surface area (Å²) in [6, 6.07) is 25.8. The van der Waals surface area contributed by atoms with Crippen LogP contribution in [0.4, 0.5) is 10.5 Å². The van der Waals surface area contributed by atoms with Crippen molar-refractivity contribution in [1.82, 2.24) is 14.8 Å². The van der Waals surface area contributed by atoms with Gasteiger partial charge in [0.25, 0.3) is 0 Å². The van der Waals surface area contributed by atoms with E-state index in [2.05, 4.69) is 43.2 Å². The molecule has 0 aliphatic carbocycles. The molecular formula is C32H38N4O2. The van der Waals surface area contributed by atoms with E-state index in [-0.39, 0.29) is 24.4 Å². The Morgan fingerprint density at radius 2 is 1.58 bits per heavy atom. The van der Waals surface area contributed by atoms with Gasteiger partial charge in [0, 0.05) is 42.4 Å². The van der Waals surface area contributed by atoms with Crippen molar-refractivity contribution in [3.05, 3.63) is 102 Å². The Labute approximate surface area is 225 Å². The first-order chi connectivity index (χ1) is 18.4. The van der Waals surface area contributed by atoms with E-state index in [1.54, 1.807) is 4.90 Å². The van der Waals surface area contributed by atoms with E-state index in [4.69, 9.17) is 0 Å². The third kappa shape index (κ3) is 7.03. The summed E-state index contributed by atoms with van der Waals surface area (Å²) in [5.41, 5.74) is 5.20. The number of aryl methyl sites for hydroxylation is 1. The maximum atomic E-state index is 13.7. The SMILES string of the molecule is CCc1ccccc1NC(=O)N(CC(=O)N(CCc1c[nH]c2ccccc12)Cc1ccccc1)CC(C)C. The number of nitrogens with zero attached hydrogens (tertiary/aromatic N) is 2. The molecule has 3 aromatic carbocycles. The molecule has 3 amide bonds. The minimum Gasteiger partial charge on any atom is -0.361 e. The predicted molar refractivity (Wildman–Crippen MR) is 155 cm³/mol. The van der Waals surface area contributed by atoms with Crippen LogP contribution in [0.25, 0.3) is 10.9 Å². The largest absolute Gasteiger partial charge is 0.361 e. The summed E-state index contributed by atoms with van der Waals surface area (Å²) >= 11 is 0. The van der Waals surface area contributed by atoms with Crippen LogP contribution >= 0.6 is 0 Å². The van der Waals surface area contributed by atoms with E-state index in [1.807, 2.05) is 77.8 Å². The van der Waals surface area contributed by atoms with Crippen LogP contribution in [0.5, 0.6) is 0 Å². The average Bonchev–Trinajstić information content (AvgIpc) is 3.34. The molecule has 0 saturated heterocycles. The molecule has 6 heteroatoms. The van der Waals surface area contributed by atoms with E-state index >= 15 is 0 Å². The first kappa shape index (κ1) is 27.0. The molecule has 0 radical (unpaired) electrons. The van der Waals surface area contributed by atoms with E-state index in [9.17, 15) is 9.59 Å². The summed E-state index contributed by atoms with van der Waals surface area (Å²) in [5, 5.41) is 4.22.